The molecule has 0 aromatic carbocycles. The first-order valence-corrected chi connectivity index (χ1v) is 5.96. The van der Waals surface area contributed by atoms with E-state index in [2.05, 4.69) is 9.72 Å². The highest BCUT2D eigenvalue weighted by atomic mass is 16.5. The van der Waals surface area contributed by atoms with Crippen LogP contribution in [-0.4, -0.2) is 42.5 Å². The number of likely N-dealkylation sites (N-methyl/N-ethyl adjacent to an activating group) is 1. The largest absolute Gasteiger partial charge is 0.469 e. The summed E-state index contributed by atoms with van der Waals surface area (Å²) >= 11 is 0. The standard InChI is InChI=1S/C13H19N3O3/c1-9(13(18)19-3)8-16(2)12(17)6-11-5-4-10(14)7-15-11/h4-5,7,9H,6,8,14H2,1-3H3. The van der Waals surface area contributed by atoms with Gasteiger partial charge in [-0.25, -0.2) is 0 Å². The molecule has 1 heterocycles. The quantitative estimate of drug-likeness (QED) is 0.782. The molecule has 1 rings (SSSR count). The molecule has 1 aromatic heterocycles. The smallest absolute Gasteiger partial charge is 0.310 e. The number of amides is 1. The number of pyridine rings is 1. The molecule has 0 fully saturated rings. The van der Waals surface area contributed by atoms with Crippen molar-refractivity contribution in [2.24, 2.45) is 5.92 Å². The normalized spacial score (nSPS) is 11.7. The molecule has 0 bridgehead atoms. The van der Waals surface area contributed by atoms with E-state index in [-0.39, 0.29) is 24.2 Å². The van der Waals surface area contributed by atoms with E-state index in [4.69, 9.17) is 5.73 Å². The Morgan fingerprint density at radius 3 is 2.68 bits per heavy atom. The second-order valence-electron chi connectivity index (χ2n) is 4.46. The van der Waals surface area contributed by atoms with Crippen LogP contribution in [-0.2, 0) is 20.7 Å². The van der Waals surface area contributed by atoms with Crippen LogP contribution in [0.5, 0.6) is 0 Å². The minimum atomic E-state index is -0.349. The average Bonchev–Trinajstić information content (AvgIpc) is 2.40. The lowest BCUT2D eigenvalue weighted by atomic mass is 10.1. The average molecular weight is 265 g/mol. The van der Waals surface area contributed by atoms with Gasteiger partial charge in [-0.15, -0.1) is 0 Å². The molecule has 1 aromatic rings. The molecule has 0 saturated heterocycles. The maximum absolute atomic E-state index is 11.9. The third-order valence-corrected chi connectivity index (χ3v) is 2.76. The van der Waals surface area contributed by atoms with E-state index in [1.165, 1.54) is 18.2 Å². The molecule has 19 heavy (non-hydrogen) atoms. The summed E-state index contributed by atoms with van der Waals surface area (Å²) in [5, 5.41) is 0. The van der Waals surface area contributed by atoms with Gasteiger partial charge in [0.25, 0.3) is 0 Å². The number of nitrogen functional groups attached to an aromatic ring is 1. The van der Waals surface area contributed by atoms with Gasteiger partial charge in [0.05, 0.1) is 31.3 Å². The van der Waals surface area contributed by atoms with Crippen LogP contribution in [0.3, 0.4) is 0 Å². The molecule has 0 radical (unpaired) electrons. The minimum absolute atomic E-state index is 0.104. The molecule has 0 spiro atoms. The van der Waals surface area contributed by atoms with Crippen LogP contribution < -0.4 is 5.73 Å². The predicted molar refractivity (Wildman–Crippen MR) is 71.2 cm³/mol. The number of hydrogen-bond donors (Lipinski definition) is 1. The second kappa shape index (κ2) is 6.72. The zero-order chi connectivity index (χ0) is 14.4. The van der Waals surface area contributed by atoms with E-state index >= 15 is 0 Å². The maximum Gasteiger partial charge on any atom is 0.310 e. The summed E-state index contributed by atoms with van der Waals surface area (Å²) in [4.78, 5) is 28.8. The predicted octanol–water partition coefficient (Wildman–Crippen LogP) is 0.474. The highest BCUT2D eigenvalue weighted by Gasteiger charge is 2.18. The Morgan fingerprint density at radius 2 is 2.16 bits per heavy atom. The number of hydrogen-bond acceptors (Lipinski definition) is 5. The third-order valence-electron chi connectivity index (χ3n) is 2.76. The van der Waals surface area contributed by atoms with Gasteiger partial charge in [-0.2, -0.15) is 0 Å². The molecule has 2 N–H and O–H groups in total. The lowest BCUT2D eigenvalue weighted by molar-refractivity contribution is -0.146. The summed E-state index contributed by atoms with van der Waals surface area (Å²) in [6, 6.07) is 3.41. The van der Waals surface area contributed by atoms with Gasteiger partial charge in [0.1, 0.15) is 0 Å². The van der Waals surface area contributed by atoms with E-state index in [1.807, 2.05) is 0 Å². The van der Waals surface area contributed by atoms with Crippen molar-refractivity contribution in [1.82, 2.24) is 9.88 Å². The highest BCUT2D eigenvalue weighted by Crippen LogP contribution is 2.06. The molecule has 1 amide bonds. The lowest BCUT2D eigenvalue weighted by Gasteiger charge is -2.20. The number of nitrogens with two attached hydrogens (primary N) is 1. The highest BCUT2D eigenvalue weighted by molar-refractivity contribution is 5.79. The summed E-state index contributed by atoms with van der Waals surface area (Å²) in [6.07, 6.45) is 1.70. The molecule has 0 aliphatic heterocycles. The van der Waals surface area contributed by atoms with E-state index < -0.39 is 0 Å². The fraction of sp³-hybridized carbons (Fsp3) is 0.462. The Hall–Kier alpha value is -2.11. The van der Waals surface area contributed by atoms with E-state index in [0.717, 1.165) is 0 Å². The molecule has 0 saturated carbocycles. The second-order valence-corrected chi connectivity index (χ2v) is 4.46. The summed E-state index contributed by atoms with van der Waals surface area (Å²) in [6.45, 7) is 2.04. The number of nitrogens with zero attached hydrogens (tertiary/aromatic N) is 2. The van der Waals surface area contributed by atoms with Crippen molar-refractivity contribution in [2.45, 2.75) is 13.3 Å². The number of carbonyl (C=O) groups is 2. The molecular weight excluding hydrogens is 246 g/mol. The van der Waals surface area contributed by atoms with Gasteiger partial charge >= 0.3 is 5.97 Å². The van der Waals surface area contributed by atoms with Gasteiger partial charge in [-0.1, -0.05) is 6.92 Å². The lowest BCUT2D eigenvalue weighted by Crippen LogP contribution is -2.35. The van der Waals surface area contributed by atoms with Crippen molar-refractivity contribution < 1.29 is 14.3 Å². The molecule has 6 heteroatoms. The minimum Gasteiger partial charge on any atom is -0.469 e. The summed E-state index contributed by atoms with van der Waals surface area (Å²) < 4.78 is 4.62. The van der Waals surface area contributed by atoms with Crippen LogP contribution in [0.15, 0.2) is 18.3 Å². The van der Waals surface area contributed by atoms with Crippen molar-refractivity contribution in [3.8, 4) is 0 Å². The summed E-state index contributed by atoms with van der Waals surface area (Å²) in [5.74, 6) is -0.781. The van der Waals surface area contributed by atoms with Gasteiger partial charge in [-0.05, 0) is 12.1 Å². The number of ether oxygens (including phenoxy) is 1. The first-order chi connectivity index (χ1) is 8.93. The topological polar surface area (TPSA) is 85.5 Å². The fourth-order valence-corrected chi connectivity index (χ4v) is 1.62. The Morgan fingerprint density at radius 1 is 1.47 bits per heavy atom. The van der Waals surface area contributed by atoms with Gasteiger partial charge in [-0.3, -0.25) is 14.6 Å². The van der Waals surface area contributed by atoms with Gasteiger partial charge < -0.3 is 15.4 Å². The van der Waals surface area contributed by atoms with E-state index in [1.54, 1.807) is 26.1 Å². The van der Waals surface area contributed by atoms with Crippen molar-refractivity contribution in [3.05, 3.63) is 24.0 Å². The molecule has 1 unspecified atom stereocenters. The first-order valence-electron chi connectivity index (χ1n) is 5.96. The van der Waals surface area contributed by atoms with Gasteiger partial charge in [0.15, 0.2) is 0 Å². The maximum atomic E-state index is 11.9. The number of anilines is 1. The number of carbonyl (C=O) groups excluding carboxylic acids is 2. The number of methoxy groups -OCH3 is 1. The molecular formula is C13H19N3O3. The molecule has 6 nitrogen and oxygen atoms in total. The Kier molecular flexibility index (Phi) is 5.29. The zero-order valence-electron chi connectivity index (χ0n) is 11.4. The summed E-state index contributed by atoms with van der Waals surface area (Å²) in [5.41, 5.74) is 6.73. The molecule has 0 aliphatic rings. The first kappa shape index (κ1) is 14.9. The molecule has 1 atom stereocenters. The van der Waals surface area contributed by atoms with Crippen LogP contribution in [0.1, 0.15) is 12.6 Å². The Bertz CT molecular complexity index is 445. The van der Waals surface area contributed by atoms with Crippen molar-refractivity contribution in [1.29, 1.82) is 0 Å². The number of rotatable bonds is 5. The SMILES string of the molecule is COC(=O)C(C)CN(C)C(=O)Cc1ccc(N)cn1. The number of aromatic nitrogens is 1. The van der Waals surface area contributed by atoms with Gasteiger partial charge in [0, 0.05) is 19.3 Å². The van der Waals surface area contributed by atoms with Crippen molar-refractivity contribution in [2.75, 3.05) is 26.4 Å². The van der Waals surface area contributed by atoms with Crippen molar-refractivity contribution >= 4 is 17.6 Å². The molecule has 0 aliphatic carbocycles. The van der Waals surface area contributed by atoms with Crippen LogP contribution >= 0.6 is 0 Å². The summed E-state index contributed by atoms with van der Waals surface area (Å²) in [7, 11) is 2.98. The third kappa shape index (κ3) is 4.57. The van der Waals surface area contributed by atoms with E-state index in [9.17, 15) is 9.59 Å². The number of esters is 1. The fourth-order valence-electron chi connectivity index (χ4n) is 1.62. The zero-order valence-corrected chi connectivity index (χ0v) is 11.4. The Labute approximate surface area is 112 Å². The molecule has 104 valence electrons. The van der Waals surface area contributed by atoms with Crippen molar-refractivity contribution in [3.63, 3.8) is 0 Å². The van der Waals surface area contributed by atoms with E-state index in [0.29, 0.717) is 17.9 Å². The van der Waals surface area contributed by atoms with Crippen LogP contribution in [0.25, 0.3) is 0 Å². The monoisotopic (exact) mass is 265 g/mol. The van der Waals surface area contributed by atoms with Crippen LogP contribution in [0.4, 0.5) is 5.69 Å². The van der Waals surface area contributed by atoms with Crippen LogP contribution in [0, 0.1) is 5.92 Å². The Balaban J connectivity index is 2.53. The van der Waals surface area contributed by atoms with Crippen LogP contribution in [0.2, 0.25) is 0 Å². The van der Waals surface area contributed by atoms with Gasteiger partial charge in [0.2, 0.25) is 5.91 Å².